The fourth-order valence-corrected chi connectivity index (χ4v) is 2.91. The number of ether oxygens (including phenoxy) is 1. The molecule has 0 aliphatic carbocycles. The molecular weight excluding hydrogens is 370 g/mol. The molecule has 2 aromatic carbocycles. The number of rotatable bonds is 6. The highest BCUT2D eigenvalue weighted by atomic mass is 16.5. The van der Waals surface area contributed by atoms with Crippen molar-refractivity contribution in [1.82, 2.24) is 9.78 Å². The second-order valence-corrected chi connectivity index (χ2v) is 6.35. The zero-order valence-electron chi connectivity index (χ0n) is 16.2. The van der Waals surface area contributed by atoms with Gasteiger partial charge in [-0.2, -0.15) is 5.10 Å². The summed E-state index contributed by atoms with van der Waals surface area (Å²) in [4.78, 5) is 36.7. The van der Waals surface area contributed by atoms with Crippen LogP contribution in [0.4, 0.5) is 5.69 Å². The number of hydrogen-bond acceptors (Lipinski definition) is 5. The normalized spacial score (nSPS) is 11.5. The van der Waals surface area contributed by atoms with Crippen molar-refractivity contribution in [2.24, 2.45) is 0 Å². The first-order valence-electron chi connectivity index (χ1n) is 9.18. The van der Waals surface area contributed by atoms with Crippen LogP contribution in [-0.2, 0) is 9.53 Å². The smallest absolute Gasteiger partial charge is 0.337 e. The van der Waals surface area contributed by atoms with Gasteiger partial charge in [0.1, 0.15) is 6.04 Å². The SMILES string of the molecule is CCC(C(=O)Nc1ccc(C(=O)OC)cc1)n1nc(-c2ccccc2)ccc1=O. The molecule has 1 heterocycles. The molecule has 0 spiro atoms. The summed E-state index contributed by atoms with van der Waals surface area (Å²) < 4.78 is 5.87. The zero-order valence-corrected chi connectivity index (χ0v) is 16.2. The number of hydrogen-bond donors (Lipinski definition) is 1. The van der Waals surface area contributed by atoms with Crippen LogP contribution in [0.3, 0.4) is 0 Å². The van der Waals surface area contributed by atoms with Gasteiger partial charge >= 0.3 is 5.97 Å². The molecule has 3 rings (SSSR count). The molecule has 0 bridgehead atoms. The lowest BCUT2D eigenvalue weighted by molar-refractivity contribution is -0.119. The second-order valence-electron chi connectivity index (χ2n) is 6.35. The number of aromatic nitrogens is 2. The number of amides is 1. The Bertz CT molecular complexity index is 1060. The number of nitrogens with one attached hydrogen (secondary N) is 1. The van der Waals surface area contributed by atoms with Gasteiger partial charge in [0.25, 0.3) is 5.56 Å². The molecule has 0 aliphatic rings. The van der Waals surface area contributed by atoms with Gasteiger partial charge in [0.2, 0.25) is 5.91 Å². The third-order valence-corrected chi connectivity index (χ3v) is 4.45. The molecule has 1 amide bonds. The molecule has 0 aliphatic heterocycles. The van der Waals surface area contributed by atoms with E-state index >= 15 is 0 Å². The van der Waals surface area contributed by atoms with Crippen molar-refractivity contribution >= 4 is 17.6 Å². The molecule has 148 valence electrons. The Hall–Kier alpha value is -3.74. The van der Waals surface area contributed by atoms with Gasteiger partial charge in [-0.05, 0) is 36.8 Å². The Labute approximate surface area is 168 Å². The van der Waals surface area contributed by atoms with Gasteiger partial charge in [-0.15, -0.1) is 0 Å². The first kappa shape index (κ1) is 20.0. The van der Waals surface area contributed by atoms with E-state index in [-0.39, 0.29) is 11.5 Å². The first-order valence-corrected chi connectivity index (χ1v) is 9.18. The van der Waals surface area contributed by atoms with E-state index in [4.69, 9.17) is 0 Å². The first-order chi connectivity index (χ1) is 14.0. The third kappa shape index (κ3) is 4.57. The summed E-state index contributed by atoms with van der Waals surface area (Å²) in [5.41, 5.74) is 2.00. The average Bonchev–Trinajstić information content (AvgIpc) is 2.76. The average molecular weight is 391 g/mol. The van der Waals surface area contributed by atoms with Crippen LogP contribution in [0, 0.1) is 0 Å². The standard InChI is InChI=1S/C22H21N3O4/c1-3-19(21(27)23-17-11-9-16(10-12-17)22(28)29-2)25-20(26)14-13-18(24-25)15-7-5-4-6-8-15/h4-14,19H,3H2,1-2H3,(H,23,27). The highest BCUT2D eigenvalue weighted by Crippen LogP contribution is 2.18. The maximum atomic E-state index is 12.8. The fourth-order valence-electron chi connectivity index (χ4n) is 2.91. The van der Waals surface area contributed by atoms with Crippen molar-refractivity contribution < 1.29 is 14.3 Å². The number of carbonyl (C=O) groups is 2. The fraction of sp³-hybridized carbons (Fsp3) is 0.182. The van der Waals surface area contributed by atoms with Gasteiger partial charge in [0, 0.05) is 17.3 Å². The van der Waals surface area contributed by atoms with Crippen LogP contribution in [-0.4, -0.2) is 28.8 Å². The highest BCUT2D eigenvalue weighted by molar-refractivity contribution is 5.95. The second kappa shape index (κ2) is 8.97. The van der Waals surface area contributed by atoms with Crippen molar-refractivity contribution in [2.45, 2.75) is 19.4 Å². The van der Waals surface area contributed by atoms with Crippen LogP contribution < -0.4 is 10.9 Å². The number of anilines is 1. The van der Waals surface area contributed by atoms with Crippen LogP contribution >= 0.6 is 0 Å². The minimum atomic E-state index is -0.772. The van der Waals surface area contributed by atoms with Crippen molar-refractivity contribution in [2.75, 3.05) is 12.4 Å². The van der Waals surface area contributed by atoms with Crippen LogP contribution in [0.25, 0.3) is 11.3 Å². The maximum Gasteiger partial charge on any atom is 0.337 e. The molecule has 0 radical (unpaired) electrons. The predicted octanol–water partition coefficient (Wildman–Crippen LogP) is 3.29. The van der Waals surface area contributed by atoms with Crippen molar-refractivity contribution in [3.8, 4) is 11.3 Å². The van der Waals surface area contributed by atoms with E-state index in [1.807, 2.05) is 37.3 Å². The molecule has 0 saturated carbocycles. The van der Waals surface area contributed by atoms with Crippen LogP contribution in [0.2, 0.25) is 0 Å². The lowest BCUT2D eigenvalue weighted by atomic mass is 10.1. The number of benzene rings is 2. The molecule has 1 aromatic heterocycles. The van der Waals surface area contributed by atoms with Crippen molar-refractivity contribution in [1.29, 1.82) is 0 Å². The van der Waals surface area contributed by atoms with Crippen molar-refractivity contribution in [3.63, 3.8) is 0 Å². The van der Waals surface area contributed by atoms with Crippen LogP contribution in [0.15, 0.2) is 71.5 Å². The summed E-state index contributed by atoms with van der Waals surface area (Å²) in [5, 5.41) is 7.18. The van der Waals surface area contributed by atoms with Gasteiger partial charge in [-0.3, -0.25) is 9.59 Å². The Morgan fingerprint density at radius 2 is 1.72 bits per heavy atom. The minimum absolute atomic E-state index is 0.354. The quantitative estimate of drug-likeness (QED) is 0.651. The maximum absolute atomic E-state index is 12.8. The van der Waals surface area contributed by atoms with E-state index in [9.17, 15) is 14.4 Å². The number of nitrogens with zero attached hydrogens (tertiary/aromatic N) is 2. The number of carbonyl (C=O) groups excluding carboxylic acids is 2. The van der Waals surface area contributed by atoms with E-state index in [1.165, 1.54) is 17.9 Å². The number of esters is 1. The summed E-state index contributed by atoms with van der Waals surface area (Å²) in [6.45, 7) is 1.81. The lowest BCUT2D eigenvalue weighted by Gasteiger charge is -2.17. The molecule has 0 fully saturated rings. The summed E-state index contributed by atoms with van der Waals surface area (Å²) in [7, 11) is 1.30. The summed E-state index contributed by atoms with van der Waals surface area (Å²) >= 11 is 0. The topological polar surface area (TPSA) is 90.3 Å². The Morgan fingerprint density at radius 1 is 1.03 bits per heavy atom. The van der Waals surface area contributed by atoms with E-state index in [1.54, 1.807) is 30.3 Å². The zero-order chi connectivity index (χ0) is 20.8. The predicted molar refractivity (Wildman–Crippen MR) is 110 cm³/mol. The van der Waals surface area contributed by atoms with Gasteiger partial charge < -0.3 is 10.1 Å². The summed E-state index contributed by atoms with van der Waals surface area (Å²) in [6.07, 6.45) is 0.386. The van der Waals surface area contributed by atoms with Crippen LogP contribution in [0.5, 0.6) is 0 Å². The van der Waals surface area contributed by atoms with Gasteiger partial charge in [0.15, 0.2) is 0 Å². The van der Waals surface area contributed by atoms with E-state index in [0.29, 0.717) is 23.4 Å². The monoisotopic (exact) mass is 391 g/mol. The van der Waals surface area contributed by atoms with Gasteiger partial charge in [0.05, 0.1) is 18.4 Å². The Kier molecular flexibility index (Phi) is 6.19. The van der Waals surface area contributed by atoms with Crippen molar-refractivity contribution in [3.05, 3.63) is 82.6 Å². The number of methoxy groups -OCH3 is 1. The molecule has 7 heteroatoms. The van der Waals surface area contributed by atoms with E-state index in [2.05, 4.69) is 15.2 Å². The molecular formula is C22H21N3O4. The van der Waals surface area contributed by atoms with E-state index in [0.717, 1.165) is 5.56 Å². The largest absolute Gasteiger partial charge is 0.465 e. The third-order valence-electron chi connectivity index (χ3n) is 4.45. The summed E-state index contributed by atoms with van der Waals surface area (Å²) in [5.74, 6) is -0.819. The lowest BCUT2D eigenvalue weighted by Crippen LogP contribution is -2.34. The molecule has 0 saturated heterocycles. The molecule has 3 aromatic rings. The summed E-state index contributed by atoms with van der Waals surface area (Å²) in [6, 6.07) is 18.1. The highest BCUT2D eigenvalue weighted by Gasteiger charge is 2.21. The minimum Gasteiger partial charge on any atom is -0.465 e. The molecule has 1 unspecified atom stereocenters. The Balaban J connectivity index is 1.84. The Morgan fingerprint density at radius 3 is 2.34 bits per heavy atom. The van der Waals surface area contributed by atoms with Gasteiger partial charge in [-0.1, -0.05) is 37.3 Å². The van der Waals surface area contributed by atoms with E-state index < -0.39 is 12.0 Å². The molecule has 7 nitrogen and oxygen atoms in total. The molecule has 29 heavy (non-hydrogen) atoms. The van der Waals surface area contributed by atoms with Gasteiger partial charge in [-0.25, -0.2) is 9.48 Å². The molecule has 1 atom stereocenters. The molecule has 1 N–H and O–H groups in total. The van der Waals surface area contributed by atoms with Crippen LogP contribution in [0.1, 0.15) is 29.7 Å².